The van der Waals surface area contributed by atoms with E-state index in [-0.39, 0.29) is 11.5 Å². The lowest BCUT2D eigenvalue weighted by Crippen LogP contribution is -2.30. The summed E-state index contributed by atoms with van der Waals surface area (Å²) in [6.07, 6.45) is 2.31. The van der Waals surface area contributed by atoms with E-state index < -0.39 is 11.4 Å². The molecule has 5 nitrogen and oxygen atoms in total. The first kappa shape index (κ1) is 15.9. The molecule has 0 atom stereocenters. The van der Waals surface area contributed by atoms with Gasteiger partial charge in [0.1, 0.15) is 5.82 Å². The lowest BCUT2D eigenvalue weighted by Gasteiger charge is -2.18. The van der Waals surface area contributed by atoms with Crippen molar-refractivity contribution in [3.8, 4) is 0 Å². The number of benzene rings is 1. The van der Waals surface area contributed by atoms with Crippen LogP contribution in [0.4, 0.5) is 4.39 Å². The van der Waals surface area contributed by atoms with Gasteiger partial charge in [0.2, 0.25) is 5.56 Å². The molecule has 3 aromatic rings. The molecule has 2 aromatic heterocycles. The molecule has 0 unspecified atom stereocenters. The van der Waals surface area contributed by atoms with Gasteiger partial charge in [-0.3, -0.25) is 14.6 Å². The largest absolute Gasteiger partial charge is 0.341 e. The number of nitrogens with one attached hydrogen (secondary N) is 1. The number of aromatic amines is 1. The molecule has 24 heavy (non-hydrogen) atoms. The Hall–Kier alpha value is -3.02. The molecule has 1 aromatic carbocycles. The molecule has 1 amide bonds. The summed E-state index contributed by atoms with van der Waals surface area (Å²) in [5.74, 6) is -0.750. The highest BCUT2D eigenvalue weighted by molar-refractivity contribution is 6.05. The molecule has 6 heteroatoms. The molecule has 0 aliphatic carbocycles. The molecular weight excluding hydrogens is 309 g/mol. The van der Waals surface area contributed by atoms with E-state index in [0.717, 1.165) is 5.69 Å². The molecule has 0 saturated carbocycles. The van der Waals surface area contributed by atoms with Crippen molar-refractivity contribution in [1.29, 1.82) is 0 Å². The number of fused-ring (bicyclic) bond motifs is 1. The zero-order valence-electron chi connectivity index (χ0n) is 13.1. The third kappa shape index (κ3) is 3.32. The summed E-state index contributed by atoms with van der Waals surface area (Å²) < 4.78 is 13.3. The number of halogens is 1. The summed E-state index contributed by atoms with van der Waals surface area (Å²) >= 11 is 0. The first-order valence-corrected chi connectivity index (χ1v) is 7.52. The van der Waals surface area contributed by atoms with E-state index in [1.54, 1.807) is 13.2 Å². The van der Waals surface area contributed by atoms with Crippen LogP contribution in [0.25, 0.3) is 10.9 Å². The smallest absolute Gasteiger partial charge is 0.254 e. The first-order valence-electron chi connectivity index (χ1n) is 7.52. The van der Waals surface area contributed by atoms with Crippen LogP contribution in [0, 0.1) is 5.82 Å². The van der Waals surface area contributed by atoms with E-state index in [1.807, 2.05) is 18.2 Å². The highest BCUT2D eigenvalue weighted by atomic mass is 19.1. The van der Waals surface area contributed by atoms with E-state index in [9.17, 15) is 14.0 Å². The third-order valence-electron chi connectivity index (χ3n) is 3.81. The van der Waals surface area contributed by atoms with Gasteiger partial charge in [-0.1, -0.05) is 6.07 Å². The maximum Gasteiger partial charge on any atom is 0.254 e. The molecule has 0 saturated heterocycles. The zero-order valence-corrected chi connectivity index (χ0v) is 13.1. The predicted octanol–water partition coefficient (Wildman–Crippen LogP) is 2.38. The highest BCUT2D eigenvalue weighted by Crippen LogP contribution is 2.17. The molecule has 0 bridgehead atoms. The molecule has 2 heterocycles. The molecule has 1 N–H and O–H groups in total. The second-order valence-corrected chi connectivity index (χ2v) is 5.53. The average molecular weight is 325 g/mol. The maximum absolute atomic E-state index is 13.3. The number of likely N-dealkylation sites (N-methyl/N-ethyl adjacent to an activating group) is 1. The van der Waals surface area contributed by atoms with E-state index in [2.05, 4.69) is 9.97 Å². The number of aromatic nitrogens is 2. The summed E-state index contributed by atoms with van der Waals surface area (Å²) in [6, 6.07) is 10.8. The number of carbonyl (C=O) groups is 1. The van der Waals surface area contributed by atoms with Crippen molar-refractivity contribution in [2.24, 2.45) is 0 Å². The normalized spacial score (nSPS) is 10.8. The van der Waals surface area contributed by atoms with E-state index in [0.29, 0.717) is 23.9 Å². The van der Waals surface area contributed by atoms with Crippen LogP contribution in [0.2, 0.25) is 0 Å². The Morgan fingerprint density at radius 2 is 2.08 bits per heavy atom. The molecular formula is C18H16FN3O2. The fourth-order valence-corrected chi connectivity index (χ4v) is 2.54. The van der Waals surface area contributed by atoms with Crippen molar-refractivity contribution in [2.45, 2.75) is 6.42 Å². The van der Waals surface area contributed by atoms with Crippen LogP contribution in [-0.4, -0.2) is 34.4 Å². The topological polar surface area (TPSA) is 66.1 Å². The van der Waals surface area contributed by atoms with Gasteiger partial charge in [0, 0.05) is 43.4 Å². The summed E-state index contributed by atoms with van der Waals surface area (Å²) in [4.78, 5) is 32.7. The molecule has 0 aliphatic heterocycles. The Morgan fingerprint density at radius 3 is 2.83 bits per heavy atom. The van der Waals surface area contributed by atoms with Gasteiger partial charge in [-0.05, 0) is 30.3 Å². The van der Waals surface area contributed by atoms with E-state index in [1.165, 1.54) is 29.2 Å². The highest BCUT2D eigenvalue weighted by Gasteiger charge is 2.16. The fraction of sp³-hybridized carbons (Fsp3) is 0.167. The van der Waals surface area contributed by atoms with Gasteiger partial charge >= 0.3 is 0 Å². The fourth-order valence-electron chi connectivity index (χ4n) is 2.54. The Kier molecular flexibility index (Phi) is 4.37. The summed E-state index contributed by atoms with van der Waals surface area (Å²) in [5, 5.41) is 0.519. The van der Waals surface area contributed by atoms with Gasteiger partial charge in [0.05, 0.1) is 11.1 Å². The predicted molar refractivity (Wildman–Crippen MR) is 89.4 cm³/mol. The van der Waals surface area contributed by atoms with Gasteiger partial charge in [-0.15, -0.1) is 0 Å². The number of H-pyrrole nitrogens is 1. The number of amides is 1. The van der Waals surface area contributed by atoms with E-state index in [4.69, 9.17) is 0 Å². The first-order chi connectivity index (χ1) is 11.5. The Bertz CT molecular complexity index is 938. The number of hydrogen-bond donors (Lipinski definition) is 1. The zero-order chi connectivity index (χ0) is 17.1. The summed E-state index contributed by atoms with van der Waals surface area (Å²) in [6.45, 7) is 0.464. The van der Waals surface area contributed by atoms with Crippen molar-refractivity contribution in [3.05, 3.63) is 76.1 Å². The SMILES string of the molecule is CN(CCc1ccccn1)C(=O)c1cc(=O)[nH]c2cc(F)ccc12. The molecule has 0 fully saturated rings. The molecule has 3 rings (SSSR count). The number of carbonyl (C=O) groups excluding carboxylic acids is 1. The molecule has 0 radical (unpaired) electrons. The van der Waals surface area contributed by atoms with Crippen molar-refractivity contribution < 1.29 is 9.18 Å². The molecule has 122 valence electrons. The van der Waals surface area contributed by atoms with Crippen molar-refractivity contribution in [1.82, 2.24) is 14.9 Å². The van der Waals surface area contributed by atoms with E-state index >= 15 is 0 Å². The summed E-state index contributed by atoms with van der Waals surface area (Å²) in [5.41, 5.74) is 1.02. The van der Waals surface area contributed by atoms with Gasteiger partial charge < -0.3 is 9.88 Å². The van der Waals surface area contributed by atoms with Gasteiger partial charge in [0.25, 0.3) is 5.91 Å². The number of rotatable bonds is 4. The minimum absolute atomic E-state index is 0.261. The standard InChI is InChI=1S/C18H16FN3O2/c1-22(9-7-13-4-2-3-8-20-13)18(24)15-11-17(23)21-16-10-12(19)5-6-14(15)16/h2-6,8,10-11H,7,9H2,1H3,(H,21,23). The molecule has 0 aliphatic rings. The van der Waals surface area contributed by atoms with Crippen molar-refractivity contribution in [2.75, 3.05) is 13.6 Å². The number of nitrogens with zero attached hydrogens (tertiary/aromatic N) is 2. The van der Waals surface area contributed by atoms with Crippen LogP contribution in [0.5, 0.6) is 0 Å². The van der Waals surface area contributed by atoms with Crippen LogP contribution < -0.4 is 5.56 Å². The second kappa shape index (κ2) is 6.62. The monoisotopic (exact) mass is 325 g/mol. The second-order valence-electron chi connectivity index (χ2n) is 5.53. The van der Waals surface area contributed by atoms with Crippen molar-refractivity contribution >= 4 is 16.8 Å². The van der Waals surface area contributed by atoms with Crippen LogP contribution in [-0.2, 0) is 6.42 Å². The quantitative estimate of drug-likeness (QED) is 0.801. The van der Waals surface area contributed by atoms with Gasteiger partial charge in [0.15, 0.2) is 0 Å². The minimum Gasteiger partial charge on any atom is -0.341 e. The minimum atomic E-state index is -0.466. The third-order valence-corrected chi connectivity index (χ3v) is 3.81. The maximum atomic E-state index is 13.3. The van der Waals surface area contributed by atoms with Crippen LogP contribution in [0.1, 0.15) is 16.1 Å². The Balaban J connectivity index is 1.86. The summed E-state index contributed by atoms with van der Waals surface area (Å²) in [7, 11) is 1.67. The number of hydrogen-bond acceptors (Lipinski definition) is 3. The average Bonchev–Trinajstić information content (AvgIpc) is 2.58. The van der Waals surface area contributed by atoms with Crippen LogP contribution >= 0.6 is 0 Å². The van der Waals surface area contributed by atoms with Gasteiger partial charge in [-0.25, -0.2) is 4.39 Å². The lowest BCUT2D eigenvalue weighted by atomic mass is 10.1. The van der Waals surface area contributed by atoms with Gasteiger partial charge in [-0.2, -0.15) is 0 Å². The Labute approximate surface area is 137 Å². The van der Waals surface area contributed by atoms with Crippen LogP contribution in [0.15, 0.2) is 53.5 Å². The molecule has 0 spiro atoms. The van der Waals surface area contributed by atoms with Crippen molar-refractivity contribution in [3.63, 3.8) is 0 Å². The Morgan fingerprint density at radius 1 is 1.25 bits per heavy atom. The number of pyridine rings is 2. The van der Waals surface area contributed by atoms with Crippen LogP contribution in [0.3, 0.4) is 0 Å². The lowest BCUT2D eigenvalue weighted by molar-refractivity contribution is 0.0798.